The Balaban J connectivity index is 1.95. The fraction of sp³-hybridized carbons (Fsp3) is 0.438. The molecule has 0 fully saturated rings. The summed E-state index contributed by atoms with van der Waals surface area (Å²) in [5, 5.41) is 0.968. The monoisotopic (exact) mass is 289 g/mol. The maximum absolute atomic E-state index is 11.6. The lowest BCUT2D eigenvalue weighted by Gasteiger charge is -2.29. The van der Waals surface area contributed by atoms with Crippen molar-refractivity contribution >= 4 is 11.0 Å². The van der Waals surface area contributed by atoms with Gasteiger partial charge in [-0.2, -0.15) is 0 Å². The van der Waals surface area contributed by atoms with Gasteiger partial charge in [0.1, 0.15) is 18.1 Å². The van der Waals surface area contributed by atoms with E-state index in [0.717, 1.165) is 48.4 Å². The third-order valence-electron chi connectivity index (χ3n) is 3.79. The van der Waals surface area contributed by atoms with Crippen LogP contribution < -0.4 is 10.4 Å². The Morgan fingerprint density at radius 2 is 2.24 bits per heavy atom. The summed E-state index contributed by atoms with van der Waals surface area (Å²) in [6, 6.07) is 5.43. The minimum absolute atomic E-state index is 0.315. The van der Waals surface area contributed by atoms with Crippen molar-refractivity contribution in [2.75, 3.05) is 27.0 Å². The Labute approximate surface area is 123 Å². The molecule has 5 heteroatoms. The Bertz CT molecular complexity index is 707. The van der Waals surface area contributed by atoms with E-state index in [1.165, 1.54) is 6.07 Å². The van der Waals surface area contributed by atoms with Crippen LogP contribution in [0.4, 0.5) is 0 Å². The van der Waals surface area contributed by atoms with Gasteiger partial charge in [0.25, 0.3) is 0 Å². The first-order chi connectivity index (χ1) is 10.2. The summed E-state index contributed by atoms with van der Waals surface area (Å²) >= 11 is 0. The van der Waals surface area contributed by atoms with Gasteiger partial charge in [0.15, 0.2) is 0 Å². The van der Waals surface area contributed by atoms with E-state index in [1.54, 1.807) is 7.11 Å². The molecule has 5 nitrogen and oxygen atoms in total. The molecule has 21 heavy (non-hydrogen) atoms. The van der Waals surface area contributed by atoms with E-state index >= 15 is 0 Å². The fourth-order valence-corrected chi connectivity index (χ4v) is 2.71. The second-order valence-corrected chi connectivity index (χ2v) is 5.34. The first kappa shape index (κ1) is 14.1. The first-order valence-electron chi connectivity index (χ1n) is 7.09. The lowest BCUT2D eigenvalue weighted by atomic mass is 10.0. The van der Waals surface area contributed by atoms with Crippen LogP contribution in [-0.4, -0.2) is 31.9 Å². The van der Waals surface area contributed by atoms with Gasteiger partial charge in [-0.25, -0.2) is 4.79 Å². The zero-order valence-electron chi connectivity index (χ0n) is 12.3. The van der Waals surface area contributed by atoms with E-state index in [1.807, 2.05) is 19.1 Å². The molecule has 0 aliphatic carbocycles. The molecule has 0 amide bonds. The molecule has 0 spiro atoms. The first-order valence-corrected chi connectivity index (χ1v) is 7.09. The molecule has 0 unspecified atom stereocenters. The van der Waals surface area contributed by atoms with E-state index in [9.17, 15) is 4.79 Å². The van der Waals surface area contributed by atoms with Crippen molar-refractivity contribution in [3.05, 3.63) is 39.7 Å². The number of nitrogens with zero attached hydrogens (tertiary/aromatic N) is 1. The lowest BCUT2D eigenvalue weighted by molar-refractivity contribution is 0.0837. The van der Waals surface area contributed by atoms with Crippen molar-refractivity contribution in [3.63, 3.8) is 0 Å². The van der Waals surface area contributed by atoms with Crippen LogP contribution in [0.5, 0.6) is 5.75 Å². The van der Waals surface area contributed by atoms with Crippen LogP contribution >= 0.6 is 0 Å². The summed E-state index contributed by atoms with van der Waals surface area (Å²) in [6.07, 6.45) is 0.947. The Morgan fingerprint density at radius 3 is 3.05 bits per heavy atom. The highest BCUT2D eigenvalue weighted by atomic mass is 16.5. The van der Waals surface area contributed by atoms with Gasteiger partial charge in [-0.15, -0.1) is 0 Å². The molecular formula is C16H19NO4. The number of hydrogen-bond donors (Lipinski definition) is 0. The second kappa shape index (κ2) is 5.87. The molecule has 0 radical (unpaired) electrons. The summed E-state index contributed by atoms with van der Waals surface area (Å²) in [5.74, 6) is 0.805. The van der Waals surface area contributed by atoms with Gasteiger partial charge < -0.3 is 13.9 Å². The predicted octanol–water partition coefficient (Wildman–Crippen LogP) is 2.29. The molecule has 0 N–H and O–H groups in total. The zero-order chi connectivity index (χ0) is 14.8. The van der Waals surface area contributed by atoms with Gasteiger partial charge in [-0.3, -0.25) is 4.90 Å². The largest absolute Gasteiger partial charge is 0.478 e. The van der Waals surface area contributed by atoms with Crippen molar-refractivity contribution in [1.82, 2.24) is 4.90 Å². The van der Waals surface area contributed by atoms with E-state index in [-0.39, 0.29) is 5.63 Å². The van der Waals surface area contributed by atoms with Crippen LogP contribution in [0, 0.1) is 6.92 Å². The van der Waals surface area contributed by atoms with Crippen molar-refractivity contribution in [2.45, 2.75) is 19.9 Å². The Kier molecular flexibility index (Phi) is 3.94. The summed E-state index contributed by atoms with van der Waals surface area (Å²) in [6.45, 7) is 4.82. The zero-order valence-corrected chi connectivity index (χ0v) is 12.3. The van der Waals surface area contributed by atoms with Gasteiger partial charge in [0.2, 0.25) is 0 Å². The highest BCUT2D eigenvalue weighted by Crippen LogP contribution is 2.32. The van der Waals surface area contributed by atoms with E-state index in [2.05, 4.69) is 4.90 Å². The van der Waals surface area contributed by atoms with Crippen LogP contribution in [0.1, 0.15) is 17.5 Å². The smallest absolute Gasteiger partial charge is 0.336 e. The highest BCUT2D eigenvalue weighted by Gasteiger charge is 2.21. The summed E-state index contributed by atoms with van der Waals surface area (Å²) in [5.41, 5.74) is 2.22. The number of rotatable bonds is 4. The van der Waals surface area contributed by atoms with Crippen LogP contribution in [0.25, 0.3) is 11.0 Å². The minimum atomic E-state index is -0.315. The minimum Gasteiger partial charge on any atom is -0.478 e. The SMILES string of the molecule is COCCCN1COc2ccc3c(C)cc(=O)oc3c2C1. The number of hydrogen-bond acceptors (Lipinski definition) is 5. The van der Waals surface area contributed by atoms with Gasteiger partial charge in [-0.1, -0.05) is 0 Å². The Hall–Kier alpha value is -1.85. The molecule has 1 aliphatic heterocycles. The summed E-state index contributed by atoms with van der Waals surface area (Å²) in [7, 11) is 1.70. The molecule has 2 aromatic rings. The molecule has 1 aliphatic rings. The normalized spacial score (nSPS) is 15.0. The molecule has 2 heterocycles. The number of methoxy groups -OCH3 is 1. The molecular weight excluding hydrogens is 270 g/mol. The number of aryl methyl sites for hydroxylation is 1. The average Bonchev–Trinajstić information content (AvgIpc) is 2.47. The van der Waals surface area contributed by atoms with Gasteiger partial charge >= 0.3 is 5.63 Å². The summed E-state index contributed by atoms with van der Waals surface area (Å²) in [4.78, 5) is 13.8. The van der Waals surface area contributed by atoms with Crippen molar-refractivity contribution < 1.29 is 13.9 Å². The quantitative estimate of drug-likeness (QED) is 0.638. The van der Waals surface area contributed by atoms with Crippen LogP contribution in [0.15, 0.2) is 27.4 Å². The molecule has 3 rings (SSSR count). The molecule has 0 saturated carbocycles. The predicted molar refractivity (Wildman–Crippen MR) is 79.6 cm³/mol. The maximum Gasteiger partial charge on any atom is 0.336 e. The van der Waals surface area contributed by atoms with Crippen LogP contribution in [-0.2, 0) is 11.3 Å². The van der Waals surface area contributed by atoms with Crippen LogP contribution in [0.3, 0.4) is 0 Å². The molecule has 112 valence electrons. The molecule has 0 atom stereocenters. The van der Waals surface area contributed by atoms with Crippen LogP contribution in [0.2, 0.25) is 0 Å². The number of fused-ring (bicyclic) bond motifs is 3. The summed E-state index contributed by atoms with van der Waals surface area (Å²) < 4.78 is 16.3. The number of ether oxygens (including phenoxy) is 2. The lowest BCUT2D eigenvalue weighted by Crippen LogP contribution is -2.33. The number of benzene rings is 1. The van der Waals surface area contributed by atoms with Crippen molar-refractivity contribution in [2.24, 2.45) is 0 Å². The Morgan fingerprint density at radius 1 is 1.38 bits per heavy atom. The fourth-order valence-electron chi connectivity index (χ4n) is 2.71. The molecule has 0 saturated heterocycles. The molecule has 1 aromatic heterocycles. The van der Waals surface area contributed by atoms with E-state index < -0.39 is 0 Å². The van der Waals surface area contributed by atoms with Gasteiger partial charge in [-0.05, 0) is 31.0 Å². The third-order valence-corrected chi connectivity index (χ3v) is 3.79. The van der Waals surface area contributed by atoms with Gasteiger partial charge in [0.05, 0.1) is 5.56 Å². The molecule has 1 aromatic carbocycles. The highest BCUT2D eigenvalue weighted by molar-refractivity contribution is 5.85. The average molecular weight is 289 g/mol. The van der Waals surface area contributed by atoms with Gasteiger partial charge in [0, 0.05) is 38.3 Å². The maximum atomic E-state index is 11.6. The third kappa shape index (κ3) is 2.80. The van der Waals surface area contributed by atoms with E-state index in [4.69, 9.17) is 13.9 Å². The molecule has 0 bridgehead atoms. The van der Waals surface area contributed by atoms with Crippen molar-refractivity contribution in [3.8, 4) is 5.75 Å². The standard InChI is InChI=1S/C16H19NO4/c1-11-8-15(18)21-16-12(11)4-5-14-13(16)9-17(10-20-14)6-3-7-19-2/h4-5,8H,3,6-7,9-10H2,1-2H3. The second-order valence-electron chi connectivity index (χ2n) is 5.34. The topological polar surface area (TPSA) is 51.9 Å². The van der Waals surface area contributed by atoms with Crippen molar-refractivity contribution in [1.29, 1.82) is 0 Å². The van der Waals surface area contributed by atoms with E-state index in [0.29, 0.717) is 12.3 Å².